The van der Waals surface area contributed by atoms with Gasteiger partial charge in [0.05, 0.1) is 5.52 Å². The van der Waals surface area contributed by atoms with Crippen LogP contribution in [0.4, 0.5) is 13.2 Å². The second-order valence-electron chi connectivity index (χ2n) is 5.97. The third-order valence-electron chi connectivity index (χ3n) is 4.30. The number of aryl methyl sites for hydroxylation is 1. The number of rotatable bonds is 4. The monoisotopic (exact) mass is 392 g/mol. The molecular weight excluding hydrogens is 373 g/mol. The Morgan fingerprint density at radius 1 is 1.35 bits per heavy atom. The number of aromatic nitrogens is 3. The minimum absolute atomic E-state index is 0. The first-order chi connectivity index (χ1) is 11.9. The number of hydrogen-bond acceptors (Lipinski definition) is 5. The lowest BCUT2D eigenvalue weighted by molar-refractivity contribution is -0.183. The molecule has 1 aromatic heterocycles. The quantitative estimate of drug-likeness (QED) is 0.810. The molecule has 0 bridgehead atoms. The van der Waals surface area contributed by atoms with Crippen LogP contribution in [-0.4, -0.2) is 70.7 Å². The molecule has 0 radical (unpaired) electrons. The maximum Gasteiger partial charge on any atom is 0.405 e. The summed E-state index contributed by atoms with van der Waals surface area (Å²) in [5.41, 5.74) is 1.52. The van der Waals surface area contributed by atoms with Gasteiger partial charge in [0.25, 0.3) is 5.91 Å². The number of benzene rings is 1. The molecule has 7 nitrogen and oxygen atoms in total. The number of fused-ring (bicyclic) bond motifs is 1. The molecule has 1 amide bonds. The van der Waals surface area contributed by atoms with E-state index in [1.165, 1.54) is 11.0 Å². The number of carbonyl (C=O) groups is 1. The number of amides is 1. The van der Waals surface area contributed by atoms with E-state index in [0.29, 0.717) is 31.7 Å². The second-order valence-corrected chi connectivity index (χ2v) is 5.97. The van der Waals surface area contributed by atoms with Gasteiger partial charge in [0.1, 0.15) is 11.6 Å². The van der Waals surface area contributed by atoms with Crippen molar-refractivity contribution in [2.75, 3.05) is 32.7 Å². The molecule has 2 N–H and O–H groups in total. The van der Waals surface area contributed by atoms with Crippen molar-refractivity contribution >= 4 is 29.3 Å². The van der Waals surface area contributed by atoms with E-state index in [4.69, 9.17) is 0 Å². The maximum atomic E-state index is 13.3. The lowest BCUT2D eigenvalue weighted by Crippen LogP contribution is -2.57. The van der Waals surface area contributed by atoms with E-state index in [1.54, 1.807) is 23.9 Å². The van der Waals surface area contributed by atoms with Gasteiger partial charge in [-0.3, -0.25) is 9.69 Å². The van der Waals surface area contributed by atoms with Crippen LogP contribution in [0.15, 0.2) is 18.2 Å². The molecule has 1 saturated heterocycles. The van der Waals surface area contributed by atoms with Gasteiger partial charge < -0.3 is 10.6 Å². The van der Waals surface area contributed by atoms with Gasteiger partial charge in [-0.2, -0.15) is 13.2 Å². The van der Waals surface area contributed by atoms with E-state index in [0.717, 1.165) is 5.52 Å². The van der Waals surface area contributed by atoms with Crippen LogP contribution in [0.2, 0.25) is 0 Å². The summed E-state index contributed by atoms with van der Waals surface area (Å²) in [6.45, 7) is 1.12. The van der Waals surface area contributed by atoms with Crippen LogP contribution in [0.1, 0.15) is 10.4 Å². The topological polar surface area (TPSA) is 75.1 Å². The minimum Gasteiger partial charge on any atom is -0.350 e. The normalized spacial score (nSPS) is 16.9. The number of nitrogens with one attached hydrogen (secondary N) is 2. The molecule has 26 heavy (non-hydrogen) atoms. The number of piperazine rings is 1. The molecule has 0 aliphatic carbocycles. The zero-order valence-electron chi connectivity index (χ0n) is 14.1. The standard InChI is InChI=1S/C15H19F3N6O.ClH/c1-23-12-3-2-10(8-11(12)21-22-23)14(25)20-9-13(15(16,17)18)24-6-4-19-5-7-24;/h2-3,8,13,19H,4-7,9H2,1H3,(H,20,25);1H. The Kier molecular flexibility index (Phi) is 6.43. The van der Waals surface area contributed by atoms with Crippen molar-refractivity contribution in [3.8, 4) is 0 Å². The zero-order valence-corrected chi connectivity index (χ0v) is 14.9. The lowest BCUT2D eigenvalue weighted by atomic mass is 10.1. The first kappa shape index (κ1) is 20.4. The smallest absolute Gasteiger partial charge is 0.350 e. The molecule has 0 spiro atoms. The van der Waals surface area contributed by atoms with Gasteiger partial charge in [0, 0.05) is 45.3 Å². The Morgan fingerprint density at radius 3 is 2.69 bits per heavy atom. The van der Waals surface area contributed by atoms with Crippen LogP contribution in [-0.2, 0) is 7.05 Å². The third-order valence-corrected chi connectivity index (χ3v) is 4.30. The fraction of sp³-hybridized carbons (Fsp3) is 0.533. The van der Waals surface area contributed by atoms with Crippen molar-refractivity contribution in [3.05, 3.63) is 23.8 Å². The van der Waals surface area contributed by atoms with Gasteiger partial charge in [-0.15, -0.1) is 17.5 Å². The molecule has 2 heterocycles. The van der Waals surface area contributed by atoms with E-state index in [-0.39, 0.29) is 18.0 Å². The first-order valence-corrected chi connectivity index (χ1v) is 7.95. The first-order valence-electron chi connectivity index (χ1n) is 7.95. The number of carbonyl (C=O) groups excluding carboxylic acids is 1. The highest BCUT2D eigenvalue weighted by Gasteiger charge is 2.43. The summed E-state index contributed by atoms with van der Waals surface area (Å²) in [6.07, 6.45) is -4.40. The number of hydrogen-bond donors (Lipinski definition) is 2. The van der Waals surface area contributed by atoms with Crippen LogP contribution in [0, 0.1) is 0 Å². The SMILES string of the molecule is Cl.Cn1nnc2cc(C(=O)NCC(N3CCNCC3)C(F)(F)F)ccc21. The molecule has 1 aliphatic heterocycles. The average molecular weight is 393 g/mol. The Morgan fingerprint density at radius 2 is 2.04 bits per heavy atom. The van der Waals surface area contributed by atoms with E-state index in [9.17, 15) is 18.0 Å². The van der Waals surface area contributed by atoms with Crippen LogP contribution >= 0.6 is 12.4 Å². The van der Waals surface area contributed by atoms with Gasteiger partial charge in [0.2, 0.25) is 0 Å². The van der Waals surface area contributed by atoms with Crippen molar-refractivity contribution in [2.24, 2.45) is 7.05 Å². The highest BCUT2D eigenvalue weighted by atomic mass is 35.5. The molecule has 1 unspecified atom stereocenters. The second kappa shape index (κ2) is 8.19. The lowest BCUT2D eigenvalue weighted by Gasteiger charge is -2.35. The molecule has 1 aromatic carbocycles. The molecule has 1 atom stereocenters. The summed E-state index contributed by atoms with van der Waals surface area (Å²) in [7, 11) is 1.72. The summed E-state index contributed by atoms with van der Waals surface area (Å²) in [5.74, 6) is -0.558. The van der Waals surface area contributed by atoms with E-state index in [1.807, 2.05) is 0 Å². The fourth-order valence-electron chi connectivity index (χ4n) is 2.92. The van der Waals surface area contributed by atoms with Gasteiger partial charge in [-0.1, -0.05) is 5.21 Å². The largest absolute Gasteiger partial charge is 0.405 e. The van der Waals surface area contributed by atoms with Crippen LogP contribution in [0.25, 0.3) is 11.0 Å². The minimum atomic E-state index is -4.40. The maximum absolute atomic E-state index is 13.3. The third kappa shape index (κ3) is 4.43. The number of nitrogens with zero attached hydrogens (tertiary/aromatic N) is 4. The zero-order chi connectivity index (χ0) is 18.0. The molecule has 2 aromatic rings. The van der Waals surface area contributed by atoms with E-state index < -0.39 is 24.7 Å². The molecule has 1 fully saturated rings. The average Bonchev–Trinajstić information content (AvgIpc) is 2.95. The summed E-state index contributed by atoms with van der Waals surface area (Å²) in [6, 6.07) is 3.04. The molecule has 1 aliphatic rings. The Labute approximate surface area is 154 Å². The van der Waals surface area contributed by atoms with Crippen LogP contribution < -0.4 is 10.6 Å². The summed E-state index contributed by atoms with van der Waals surface area (Å²) >= 11 is 0. The van der Waals surface area contributed by atoms with Crippen molar-refractivity contribution < 1.29 is 18.0 Å². The number of halogens is 4. The van der Waals surface area contributed by atoms with Gasteiger partial charge >= 0.3 is 6.18 Å². The molecular formula is C15H20ClF3N6O. The Bertz CT molecular complexity index is 759. The van der Waals surface area contributed by atoms with Crippen molar-refractivity contribution in [2.45, 2.75) is 12.2 Å². The predicted molar refractivity (Wildman–Crippen MR) is 92.4 cm³/mol. The van der Waals surface area contributed by atoms with E-state index in [2.05, 4.69) is 20.9 Å². The molecule has 0 saturated carbocycles. The van der Waals surface area contributed by atoms with E-state index >= 15 is 0 Å². The van der Waals surface area contributed by atoms with Crippen molar-refractivity contribution in [1.82, 2.24) is 30.5 Å². The fourth-order valence-corrected chi connectivity index (χ4v) is 2.92. The van der Waals surface area contributed by atoms with Gasteiger partial charge in [-0.05, 0) is 18.2 Å². The van der Waals surface area contributed by atoms with Crippen LogP contribution in [0.5, 0.6) is 0 Å². The molecule has 11 heteroatoms. The summed E-state index contributed by atoms with van der Waals surface area (Å²) < 4.78 is 41.6. The number of alkyl halides is 3. The Balaban J connectivity index is 0.00000243. The molecule has 144 valence electrons. The highest BCUT2D eigenvalue weighted by Crippen LogP contribution is 2.25. The van der Waals surface area contributed by atoms with Crippen LogP contribution in [0.3, 0.4) is 0 Å². The Hall–Kier alpha value is -1.91. The van der Waals surface area contributed by atoms with Gasteiger partial charge in [-0.25, -0.2) is 4.68 Å². The predicted octanol–water partition coefficient (Wildman–Crippen LogP) is 0.956. The van der Waals surface area contributed by atoms with Gasteiger partial charge in [0.15, 0.2) is 0 Å². The summed E-state index contributed by atoms with van der Waals surface area (Å²) in [5, 5.41) is 13.2. The van der Waals surface area contributed by atoms with Crippen molar-refractivity contribution in [3.63, 3.8) is 0 Å². The molecule has 3 rings (SSSR count). The van der Waals surface area contributed by atoms with Crippen molar-refractivity contribution in [1.29, 1.82) is 0 Å². The highest BCUT2D eigenvalue weighted by molar-refractivity contribution is 5.97. The summed E-state index contributed by atoms with van der Waals surface area (Å²) in [4.78, 5) is 13.6.